The molecule has 98 heavy (non-hydrogen) atoms. The van der Waals surface area contributed by atoms with Crippen LogP contribution in [0.4, 0.5) is 0 Å². The highest BCUT2D eigenvalue weighted by Crippen LogP contribution is 2.45. The first-order chi connectivity index (χ1) is 46.8. The maximum Gasteiger partial charge on any atom is 0.344 e. The minimum absolute atomic E-state index is 0.120. The van der Waals surface area contributed by atoms with Crippen LogP contribution in [0.3, 0.4) is 0 Å². The number of benzene rings is 9. The normalized spacial score (nSPS) is 14.4. The summed E-state index contributed by atoms with van der Waals surface area (Å²) in [6.45, 7) is 27.2. The van der Waals surface area contributed by atoms with Gasteiger partial charge >= 0.3 is 11.9 Å². The molecule has 14 nitrogen and oxygen atoms in total. The molecule has 2 aliphatic heterocycles. The largest absolute Gasteiger partial charge is 0.488 e. The van der Waals surface area contributed by atoms with Crippen LogP contribution in [-0.4, -0.2) is 55.1 Å². The van der Waals surface area contributed by atoms with Crippen molar-refractivity contribution in [3.63, 3.8) is 0 Å². The van der Waals surface area contributed by atoms with Crippen molar-refractivity contribution < 1.29 is 38.0 Å². The molecule has 0 saturated carbocycles. The number of carbonyl (C=O) groups excluding carboxylic acids is 2. The van der Waals surface area contributed by atoms with Crippen LogP contribution >= 0.6 is 0 Å². The van der Waals surface area contributed by atoms with Gasteiger partial charge in [0, 0.05) is 25.7 Å². The highest BCUT2D eigenvalue weighted by Gasteiger charge is 2.31. The van der Waals surface area contributed by atoms with E-state index in [1.807, 2.05) is 73.1 Å². The summed E-state index contributed by atoms with van der Waals surface area (Å²) in [6.07, 6.45) is 5.11. The summed E-state index contributed by atoms with van der Waals surface area (Å²) in [4.78, 5) is 29.1. The third kappa shape index (κ3) is 14.9. The Morgan fingerprint density at radius 2 is 0.653 bits per heavy atom. The van der Waals surface area contributed by atoms with Gasteiger partial charge in [0.2, 0.25) is 0 Å². The fourth-order valence-corrected chi connectivity index (χ4v) is 13.4. The molecule has 1 aliphatic carbocycles. The Morgan fingerprint density at radius 1 is 0.367 bits per heavy atom. The number of carbonyl (C=O) groups is 2. The summed E-state index contributed by atoms with van der Waals surface area (Å²) in [6, 6.07) is 55.2. The Labute approximate surface area is 575 Å². The van der Waals surface area contributed by atoms with Crippen molar-refractivity contribution >= 4 is 33.5 Å². The van der Waals surface area contributed by atoms with E-state index < -0.39 is 11.9 Å². The molecule has 9 aromatic carbocycles. The number of ether oxygens (including phenoxy) is 6. The standard InChI is InChI=1S/C84H88N6O8/c1-81(2,3)63-35-55-31-59-39-65(83(7,8)9)41-61-33-57-37-64(82(4,5)6)38-58(78(57)96-48-54-25-17-14-18-26-54)34-62-42-66(84(10,11)12)40-60(32-56(36-63)77(55)95-47-53-23-15-13-16-24-53)80(62)98-52-76(92)94-50-68-44-90(88-86-68)46-74-71-29-21-19-27-69(71)73(70-28-20-22-30-72(70)74)45-89-43-67(85-87-89)49-93-75(91)51-97-79(59)61/h13-30,35-44H,31-34,45-52H2,1-12H3. The van der Waals surface area contributed by atoms with Crippen LogP contribution in [0.1, 0.15) is 183 Å². The van der Waals surface area contributed by atoms with Gasteiger partial charge in [-0.15, -0.1) is 10.2 Å². The molecule has 4 heterocycles. The Kier molecular flexibility index (Phi) is 18.4. The Morgan fingerprint density at radius 3 is 0.949 bits per heavy atom. The molecule has 0 unspecified atom stereocenters. The molecule has 16 bridgehead atoms. The van der Waals surface area contributed by atoms with Crippen LogP contribution in [0.2, 0.25) is 0 Å². The molecule has 0 saturated heterocycles. The molecule has 3 aliphatic rings. The van der Waals surface area contributed by atoms with E-state index in [0.717, 1.165) is 122 Å². The maximum atomic E-state index is 14.6. The van der Waals surface area contributed by atoms with Gasteiger partial charge < -0.3 is 28.4 Å². The Balaban J connectivity index is 1.03. The number of rotatable bonds is 6. The summed E-state index contributed by atoms with van der Waals surface area (Å²) in [5.74, 6) is 1.48. The number of hydrogen-bond acceptors (Lipinski definition) is 12. The van der Waals surface area contributed by atoms with Crippen molar-refractivity contribution in [3.05, 3.63) is 271 Å². The molecule has 14 rings (SSSR count). The molecule has 14 heteroatoms. The van der Waals surface area contributed by atoms with E-state index in [1.165, 1.54) is 0 Å². The molecule has 0 atom stereocenters. The van der Waals surface area contributed by atoms with Crippen molar-refractivity contribution in [3.8, 4) is 23.0 Å². The summed E-state index contributed by atoms with van der Waals surface area (Å²) in [7, 11) is 0. The van der Waals surface area contributed by atoms with E-state index in [2.05, 4.69) is 201 Å². The third-order valence-electron chi connectivity index (χ3n) is 18.8. The topological polar surface area (TPSA) is 151 Å². The van der Waals surface area contributed by atoms with Crippen LogP contribution in [-0.2, 0) is 106 Å². The molecule has 2 aromatic heterocycles. The van der Waals surface area contributed by atoms with Crippen molar-refractivity contribution in [2.75, 3.05) is 13.2 Å². The van der Waals surface area contributed by atoms with Crippen LogP contribution in [0.15, 0.2) is 170 Å². The van der Waals surface area contributed by atoms with Crippen LogP contribution in [0, 0.1) is 0 Å². The van der Waals surface area contributed by atoms with Crippen molar-refractivity contribution in [1.29, 1.82) is 0 Å². The lowest BCUT2D eigenvalue weighted by Crippen LogP contribution is -2.20. The average molecular weight is 1310 g/mol. The molecule has 0 N–H and O–H groups in total. The SMILES string of the molecule is CC(C)(C)c1cc2c3c(c1)Cc1cc(C(C)(C)C)cc(c1OCc1ccccc1)Cc1cc(C(C)(C)C)cc(c1OCC(=O)OCc1cn(nn1)Cc1c4ccccc4c(c4ccccc14)Cn1cc(nn1)COC(=O)CO3)Cc1cc(C(C)(C)C)cc(c1OCc1ccccc1)C2. The van der Waals surface area contributed by atoms with Gasteiger partial charge in [-0.25, -0.2) is 19.0 Å². The molecule has 0 radical (unpaired) electrons. The lowest BCUT2D eigenvalue weighted by Gasteiger charge is -2.29. The lowest BCUT2D eigenvalue weighted by atomic mass is 9.79. The number of nitrogens with zero attached hydrogens (tertiary/aromatic N) is 6. The fraction of sp³-hybridized carbons (Fsp3) is 0.333. The third-order valence-corrected chi connectivity index (χ3v) is 18.8. The predicted octanol–water partition coefficient (Wildman–Crippen LogP) is 16.9. The number of fused-ring (bicyclic) bond motifs is 9. The summed E-state index contributed by atoms with van der Waals surface area (Å²) < 4.78 is 44.6. The Hall–Kier alpha value is -10.1. The molecule has 0 spiro atoms. The molecular formula is C84H88N6O8. The number of aromatic nitrogens is 6. The lowest BCUT2D eigenvalue weighted by molar-refractivity contribution is -0.148. The highest BCUT2D eigenvalue weighted by atomic mass is 16.6. The van der Waals surface area contributed by atoms with Crippen molar-refractivity contribution in [2.24, 2.45) is 0 Å². The van der Waals surface area contributed by atoms with Gasteiger partial charge in [-0.05, 0) is 132 Å². The molecule has 0 amide bonds. The number of hydrogen-bond donors (Lipinski definition) is 0. The zero-order valence-electron chi connectivity index (χ0n) is 58.6. The molecular weight excluding hydrogens is 1220 g/mol. The average Bonchev–Trinajstić information content (AvgIpc) is 0.916. The van der Waals surface area contributed by atoms with E-state index in [-0.39, 0.29) is 48.1 Å². The smallest absolute Gasteiger partial charge is 0.344 e. The van der Waals surface area contributed by atoms with E-state index in [4.69, 9.17) is 28.4 Å². The zero-order chi connectivity index (χ0) is 68.7. The first kappa shape index (κ1) is 66.5. The van der Waals surface area contributed by atoms with E-state index >= 15 is 0 Å². The molecule has 11 aromatic rings. The molecule has 0 fully saturated rings. The maximum absolute atomic E-state index is 14.6. The second-order valence-corrected chi connectivity index (χ2v) is 30.5. The molecule has 502 valence electrons. The van der Waals surface area contributed by atoms with Gasteiger partial charge in [-0.1, -0.05) is 251 Å². The summed E-state index contributed by atoms with van der Waals surface area (Å²) in [5.41, 5.74) is 15.5. The highest BCUT2D eigenvalue weighted by molar-refractivity contribution is 6.06. The fourth-order valence-electron chi connectivity index (χ4n) is 13.4. The van der Waals surface area contributed by atoms with Gasteiger partial charge in [-0.3, -0.25) is 0 Å². The summed E-state index contributed by atoms with van der Waals surface area (Å²) in [5, 5.41) is 22.4. The minimum atomic E-state index is -0.559. The van der Waals surface area contributed by atoms with Gasteiger partial charge in [0.1, 0.15) is 60.8 Å². The van der Waals surface area contributed by atoms with E-state index in [1.54, 1.807) is 9.36 Å². The van der Waals surface area contributed by atoms with Gasteiger partial charge in [0.05, 0.1) is 25.5 Å². The van der Waals surface area contributed by atoms with Crippen molar-refractivity contribution in [2.45, 2.75) is 170 Å². The van der Waals surface area contributed by atoms with Gasteiger partial charge in [-0.2, -0.15) is 0 Å². The first-order valence-electron chi connectivity index (χ1n) is 34.1. The minimum Gasteiger partial charge on any atom is -0.488 e. The second-order valence-electron chi connectivity index (χ2n) is 30.5. The predicted molar refractivity (Wildman–Crippen MR) is 384 cm³/mol. The summed E-state index contributed by atoms with van der Waals surface area (Å²) >= 11 is 0. The monoisotopic (exact) mass is 1310 g/mol. The zero-order valence-corrected chi connectivity index (χ0v) is 58.6. The quantitative estimate of drug-likeness (QED) is 0.115. The number of esters is 2. The van der Waals surface area contributed by atoms with E-state index in [0.29, 0.717) is 74.9 Å². The van der Waals surface area contributed by atoms with E-state index in [9.17, 15) is 9.59 Å². The van der Waals surface area contributed by atoms with Crippen LogP contribution in [0.25, 0.3) is 21.5 Å². The first-order valence-corrected chi connectivity index (χ1v) is 34.1. The van der Waals surface area contributed by atoms with Gasteiger partial charge in [0.25, 0.3) is 0 Å². The Bertz CT molecular complexity index is 4340. The second kappa shape index (κ2) is 27.1. The van der Waals surface area contributed by atoms with Crippen LogP contribution < -0.4 is 18.9 Å². The van der Waals surface area contributed by atoms with Crippen molar-refractivity contribution in [1.82, 2.24) is 30.0 Å². The van der Waals surface area contributed by atoms with Gasteiger partial charge in [0.15, 0.2) is 13.2 Å². The van der Waals surface area contributed by atoms with Crippen LogP contribution in [0.5, 0.6) is 23.0 Å².